The van der Waals surface area contributed by atoms with Gasteiger partial charge in [0.05, 0.1) is 11.9 Å². The molecule has 2 aromatic carbocycles. The van der Waals surface area contributed by atoms with Gasteiger partial charge in [-0.2, -0.15) is 0 Å². The fraction of sp³-hybridized carbons (Fsp3) is 0.278. The maximum absolute atomic E-state index is 13.2. The average Bonchev–Trinajstić information content (AvgIpc) is 2.59. The molecule has 0 fully saturated rings. The zero-order chi connectivity index (χ0) is 19.3. The minimum atomic E-state index is -3.75. The average molecular weight is 397 g/mol. The van der Waals surface area contributed by atoms with Gasteiger partial charge in [-0.15, -0.1) is 11.8 Å². The first-order valence-corrected chi connectivity index (χ1v) is 11.0. The first-order valence-electron chi connectivity index (χ1n) is 7.96. The largest absolute Gasteiger partial charge is 0.324 e. The molecule has 5 nitrogen and oxygen atoms in total. The third kappa shape index (κ3) is 4.98. The van der Waals surface area contributed by atoms with Crippen LogP contribution in [0.5, 0.6) is 0 Å². The summed E-state index contributed by atoms with van der Waals surface area (Å²) in [5.74, 6) is -0.922. The second-order valence-corrected chi connectivity index (χ2v) is 8.42. The van der Waals surface area contributed by atoms with Crippen LogP contribution in [0, 0.1) is 5.82 Å². The number of thioether (sulfide) groups is 1. The van der Waals surface area contributed by atoms with E-state index < -0.39 is 27.8 Å². The fourth-order valence-corrected chi connectivity index (χ4v) is 4.25. The molecule has 0 aliphatic rings. The van der Waals surface area contributed by atoms with Crippen LogP contribution in [0.2, 0.25) is 0 Å². The molecule has 26 heavy (non-hydrogen) atoms. The molecule has 2 rings (SSSR count). The standard InChI is InChI=1S/C18H21FN2O3S2/c1-4-17(18(22)20-14-6-5-7-16(12-14)25-2)21(26(3,23)24)15-10-8-13(19)9-11-15/h5-12,17H,4H2,1-3H3,(H,20,22). The van der Waals surface area contributed by atoms with Crippen LogP contribution >= 0.6 is 11.8 Å². The molecule has 1 N–H and O–H groups in total. The lowest BCUT2D eigenvalue weighted by molar-refractivity contribution is -0.117. The van der Waals surface area contributed by atoms with Gasteiger partial charge in [0.25, 0.3) is 0 Å². The van der Waals surface area contributed by atoms with Gasteiger partial charge in [0.1, 0.15) is 11.9 Å². The van der Waals surface area contributed by atoms with E-state index in [0.717, 1.165) is 15.5 Å². The van der Waals surface area contributed by atoms with E-state index in [-0.39, 0.29) is 12.1 Å². The molecule has 0 heterocycles. The van der Waals surface area contributed by atoms with Crippen molar-refractivity contribution in [3.05, 3.63) is 54.3 Å². The Balaban J connectivity index is 2.34. The van der Waals surface area contributed by atoms with Gasteiger partial charge in [-0.1, -0.05) is 13.0 Å². The molecule has 0 bridgehead atoms. The highest BCUT2D eigenvalue weighted by atomic mass is 32.2. The Labute approximate surface area is 157 Å². The van der Waals surface area contributed by atoms with E-state index >= 15 is 0 Å². The summed E-state index contributed by atoms with van der Waals surface area (Å²) >= 11 is 1.54. The number of halogens is 1. The van der Waals surface area contributed by atoms with Crippen molar-refractivity contribution in [3.63, 3.8) is 0 Å². The van der Waals surface area contributed by atoms with Crippen molar-refractivity contribution >= 4 is 39.1 Å². The number of sulfonamides is 1. The first-order chi connectivity index (χ1) is 12.3. The molecule has 2 aromatic rings. The predicted molar refractivity (Wildman–Crippen MR) is 105 cm³/mol. The molecule has 0 aliphatic heterocycles. The van der Waals surface area contributed by atoms with Gasteiger partial charge in [0.15, 0.2) is 0 Å². The third-order valence-corrected chi connectivity index (χ3v) is 5.65. The summed E-state index contributed by atoms with van der Waals surface area (Å²) in [7, 11) is -3.75. The molecule has 0 aliphatic carbocycles. The first kappa shape index (κ1) is 20.3. The van der Waals surface area contributed by atoms with Crippen molar-refractivity contribution in [2.75, 3.05) is 22.1 Å². The molecule has 0 saturated heterocycles. The highest BCUT2D eigenvalue weighted by Crippen LogP contribution is 2.24. The molecule has 140 valence electrons. The summed E-state index contributed by atoms with van der Waals surface area (Å²) in [6.45, 7) is 1.73. The molecule has 1 atom stereocenters. The predicted octanol–water partition coefficient (Wildman–Crippen LogP) is 3.73. The summed E-state index contributed by atoms with van der Waals surface area (Å²) in [6, 6.07) is 11.4. The zero-order valence-electron chi connectivity index (χ0n) is 14.8. The lowest BCUT2D eigenvalue weighted by Gasteiger charge is -2.30. The number of carbonyl (C=O) groups excluding carboxylic acids is 1. The SMILES string of the molecule is CCC(C(=O)Nc1cccc(SC)c1)N(c1ccc(F)cc1)S(C)(=O)=O. The molecule has 0 aromatic heterocycles. The van der Waals surface area contributed by atoms with Crippen LogP contribution < -0.4 is 9.62 Å². The molecule has 0 spiro atoms. The minimum Gasteiger partial charge on any atom is -0.324 e. The van der Waals surface area contributed by atoms with Gasteiger partial charge < -0.3 is 5.32 Å². The Morgan fingerprint density at radius 1 is 1.23 bits per heavy atom. The van der Waals surface area contributed by atoms with Crippen LogP contribution in [-0.4, -0.2) is 32.9 Å². The van der Waals surface area contributed by atoms with E-state index in [1.165, 1.54) is 36.0 Å². The smallest absolute Gasteiger partial charge is 0.248 e. The molecular weight excluding hydrogens is 375 g/mol. The van der Waals surface area contributed by atoms with E-state index in [0.29, 0.717) is 5.69 Å². The Hall–Kier alpha value is -2.06. The van der Waals surface area contributed by atoms with Crippen molar-refractivity contribution in [2.45, 2.75) is 24.3 Å². The number of rotatable bonds is 7. The zero-order valence-corrected chi connectivity index (χ0v) is 16.4. The Bertz CT molecular complexity index is 870. The number of benzene rings is 2. The number of anilines is 2. The van der Waals surface area contributed by atoms with Crippen LogP contribution in [0.3, 0.4) is 0 Å². The highest BCUT2D eigenvalue weighted by molar-refractivity contribution is 7.98. The Morgan fingerprint density at radius 3 is 2.42 bits per heavy atom. The lowest BCUT2D eigenvalue weighted by atomic mass is 10.2. The van der Waals surface area contributed by atoms with Gasteiger partial charge >= 0.3 is 0 Å². The second-order valence-electron chi connectivity index (χ2n) is 5.68. The number of nitrogens with zero attached hydrogens (tertiary/aromatic N) is 1. The summed E-state index contributed by atoms with van der Waals surface area (Å²) in [5.41, 5.74) is 0.835. The summed E-state index contributed by atoms with van der Waals surface area (Å²) in [4.78, 5) is 13.8. The van der Waals surface area contributed by atoms with Gasteiger partial charge in [0.2, 0.25) is 15.9 Å². The quantitative estimate of drug-likeness (QED) is 0.724. The number of carbonyl (C=O) groups is 1. The number of hydrogen-bond acceptors (Lipinski definition) is 4. The number of hydrogen-bond donors (Lipinski definition) is 1. The van der Waals surface area contributed by atoms with E-state index in [1.54, 1.807) is 13.0 Å². The van der Waals surface area contributed by atoms with Gasteiger partial charge in [-0.25, -0.2) is 12.8 Å². The highest BCUT2D eigenvalue weighted by Gasteiger charge is 2.31. The maximum atomic E-state index is 13.2. The minimum absolute atomic E-state index is 0.244. The van der Waals surface area contributed by atoms with Crippen LogP contribution in [-0.2, 0) is 14.8 Å². The van der Waals surface area contributed by atoms with E-state index in [2.05, 4.69) is 5.32 Å². The molecular formula is C18H21FN2O3S2. The number of amides is 1. The van der Waals surface area contributed by atoms with Crippen LogP contribution in [0.25, 0.3) is 0 Å². The summed E-state index contributed by atoms with van der Waals surface area (Å²) in [6.07, 6.45) is 3.22. The van der Waals surface area contributed by atoms with Crippen molar-refractivity contribution in [3.8, 4) is 0 Å². The monoisotopic (exact) mass is 396 g/mol. The van der Waals surface area contributed by atoms with Crippen molar-refractivity contribution in [1.29, 1.82) is 0 Å². The molecule has 1 amide bonds. The number of nitrogens with one attached hydrogen (secondary N) is 1. The Kier molecular flexibility index (Phi) is 6.66. The molecule has 0 saturated carbocycles. The normalized spacial score (nSPS) is 12.5. The van der Waals surface area contributed by atoms with Crippen molar-refractivity contribution in [1.82, 2.24) is 0 Å². The topological polar surface area (TPSA) is 66.5 Å². The van der Waals surface area contributed by atoms with Crippen molar-refractivity contribution in [2.24, 2.45) is 0 Å². The second kappa shape index (κ2) is 8.55. The van der Waals surface area contributed by atoms with Crippen LogP contribution in [0.4, 0.5) is 15.8 Å². The Morgan fingerprint density at radius 2 is 1.88 bits per heavy atom. The van der Waals surface area contributed by atoms with Crippen LogP contribution in [0.1, 0.15) is 13.3 Å². The van der Waals surface area contributed by atoms with Gasteiger partial charge in [0, 0.05) is 10.6 Å². The van der Waals surface area contributed by atoms with Crippen molar-refractivity contribution < 1.29 is 17.6 Å². The van der Waals surface area contributed by atoms with Gasteiger partial charge in [-0.05, 0) is 55.1 Å². The molecule has 8 heteroatoms. The van der Waals surface area contributed by atoms with Crippen LogP contribution in [0.15, 0.2) is 53.4 Å². The fourth-order valence-electron chi connectivity index (χ4n) is 2.57. The maximum Gasteiger partial charge on any atom is 0.248 e. The summed E-state index contributed by atoms with van der Waals surface area (Å²) < 4.78 is 38.9. The van der Waals surface area contributed by atoms with Gasteiger partial charge in [-0.3, -0.25) is 9.10 Å². The van der Waals surface area contributed by atoms with E-state index in [1.807, 2.05) is 24.5 Å². The summed E-state index contributed by atoms with van der Waals surface area (Å²) in [5, 5.41) is 2.77. The lowest BCUT2D eigenvalue weighted by Crippen LogP contribution is -2.47. The van der Waals surface area contributed by atoms with E-state index in [9.17, 15) is 17.6 Å². The van der Waals surface area contributed by atoms with E-state index in [4.69, 9.17) is 0 Å². The molecule has 1 unspecified atom stereocenters. The third-order valence-electron chi connectivity index (χ3n) is 3.75. The molecule has 0 radical (unpaired) electrons.